The monoisotopic (exact) mass is 197 g/mol. The van der Waals surface area contributed by atoms with Gasteiger partial charge in [0.2, 0.25) is 5.82 Å². The molecule has 3 nitrogen and oxygen atoms in total. The van der Waals surface area contributed by atoms with Crippen molar-refractivity contribution in [1.82, 2.24) is 9.55 Å². The van der Waals surface area contributed by atoms with Crippen LogP contribution in [0, 0.1) is 18.3 Å². The van der Waals surface area contributed by atoms with Crippen LogP contribution >= 0.6 is 0 Å². The van der Waals surface area contributed by atoms with E-state index in [1.54, 1.807) is 6.20 Å². The summed E-state index contributed by atoms with van der Waals surface area (Å²) in [7, 11) is 0. The number of aromatic nitrogens is 2. The quantitative estimate of drug-likeness (QED) is 0.739. The average Bonchev–Trinajstić information content (AvgIpc) is 2.65. The number of nitrogens with zero attached hydrogens (tertiary/aromatic N) is 3. The summed E-state index contributed by atoms with van der Waals surface area (Å²) in [6, 6.07) is 10.3. The molecule has 3 heteroatoms. The van der Waals surface area contributed by atoms with Crippen molar-refractivity contribution in [2.75, 3.05) is 0 Å². The van der Waals surface area contributed by atoms with E-state index in [-0.39, 0.29) is 0 Å². The van der Waals surface area contributed by atoms with Gasteiger partial charge < -0.3 is 4.57 Å². The van der Waals surface area contributed by atoms with Gasteiger partial charge in [-0.05, 0) is 12.5 Å². The average molecular weight is 197 g/mol. The van der Waals surface area contributed by atoms with Gasteiger partial charge in [-0.15, -0.1) is 0 Å². The highest BCUT2D eigenvalue weighted by Crippen LogP contribution is 2.07. The van der Waals surface area contributed by atoms with E-state index in [0.29, 0.717) is 12.4 Å². The molecule has 0 aliphatic carbocycles. The SMILES string of the molecule is Cc1cccc(Cn2ccnc2C#N)c1. The van der Waals surface area contributed by atoms with Gasteiger partial charge in [0.15, 0.2) is 0 Å². The molecule has 0 unspecified atom stereocenters. The van der Waals surface area contributed by atoms with Crippen molar-refractivity contribution < 1.29 is 0 Å². The van der Waals surface area contributed by atoms with E-state index in [9.17, 15) is 0 Å². The van der Waals surface area contributed by atoms with E-state index in [0.717, 1.165) is 0 Å². The van der Waals surface area contributed by atoms with Crippen LogP contribution in [0.25, 0.3) is 0 Å². The number of aryl methyl sites for hydroxylation is 1. The van der Waals surface area contributed by atoms with Crippen molar-refractivity contribution in [3.05, 3.63) is 53.6 Å². The van der Waals surface area contributed by atoms with Gasteiger partial charge >= 0.3 is 0 Å². The van der Waals surface area contributed by atoms with E-state index in [2.05, 4.69) is 30.1 Å². The van der Waals surface area contributed by atoms with Crippen LogP contribution in [0.5, 0.6) is 0 Å². The molecule has 0 amide bonds. The fourth-order valence-electron chi connectivity index (χ4n) is 1.56. The summed E-state index contributed by atoms with van der Waals surface area (Å²) in [5.41, 5.74) is 2.41. The standard InChI is InChI=1S/C12H11N3/c1-10-3-2-4-11(7-10)9-15-6-5-14-12(15)8-13/h2-7H,9H2,1H3. The van der Waals surface area contributed by atoms with Crippen molar-refractivity contribution >= 4 is 0 Å². The Hall–Kier alpha value is -2.08. The van der Waals surface area contributed by atoms with Crippen LogP contribution in [0.4, 0.5) is 0 Å². The van der Waals surface area contributed by atoms with Crippen LogP contribution < -0.4 is 0 Å². The second-order valence-electron chi connectivity index (χ2n) is 3.48. The lowest BCUT2D eigenvalue weighted by Crippen LogP contribution is -2.01. The number of rotatable bonds is 2. The predicted molar refractivity (Wildman–Crippen MR) is 57.2 cm³/mol. The number of imidazole rings is 1. The molecular formula is C12H11N3. The van der Waals surface area contributed by atoms with Crippen LogP contribution in [0.2, 0.25) is 0 Å². The van der Waals surface area contributed by atoms with Gasteiger partial charge in [-0.25, -0.2) is 4.98 Å². The Morgan fingerprint density at radius 3 is 3.07 bits per heavy atom. The number of hydrogen-bond acceptors (Lipinski definition) is 2. The Labute approximate surface area is 88.6 Å². The second-order valence-corrected chi connectivity index (χ2v) is 3.48. The summed E-state index contributed by atoms with van der Waals surface area (Å²) < 4.78 is 1.84. The number of benzene rings is 1. The summed E-state index contributed by atoms with van der Waals surface area (Å²) in [5, 5.41) is 8.81. The minimum Gasteiger partial charge on any atom is -0.318 e. The predicted octanol–water partition coefficient (Wildman–Crippen LogP) is 2.11. The lowest BCUT2D eigenvalue weighted by Gasteiger charge is -2.04. The van der Waals surface area contributed by atoms with E-state index < -0.39 is 0 Å². The fourth-order valence-corrected chi connectivity index (χ4v) is 1.56. The zero-order chi connectivity index (χ0) is 10.7. The molecule has 2 aromatic rings. The fraction of sp³-hybridized carbons (Fsp3) is 0.167. The van der Waals surface area contributed by atoms with Crippen LogP contribution in [0.1, 0.15) is 17.0 Å². The minimum absolute atomic E-state index is 0.455. The Morgan fingerprint density at radius 1 is 1.47 bits per heavy atom. The maximum Gasteiger partial charge on any atom is 0.213 e. The second kappa shape index (κ2) is 3.97. The molecule has 0 saturated heterocycles. The first-order chi connectivity index (χ1) is 7.29. The molecule has 0 saturated carbocycles. The molecule has 1 aromatic carbocycles. The largest absolute Gasteiger partial charge is 0.318 e. The summed E-state index contributed by atoms with van der Waals surface area (Å²) in [5.74, 6) is 0.455. The van der Waals surface area contributed by atoms with Crippen LogP contribution in [0.3, 0.4) is 0 Å². The van der Waals surface area contributed by atoms with Gasteiger partial charge in [0, 0.05) is 18.9 Å². The Bertz CT molecular complexity index is 506. The van der Waals surface area contributed by atoms with Crippen LogP contribution in [0.15, 0.2) is 36.7 Å². The summed E-state index contributed by atoms with van der Waals surface area (Å²) in [4.78, 5) is 3.96. The molecule has 0 fully saturated rings. The summed E-state index contributed by atoms with van der Waals surface area (Å²) in [6.07, 6.45) is 3.47. The molecule has 0 aliphatic rings. The molecule has 0 N–H and O–H groups in total. The topological polar surface area (TPSA) is 41.6 Å². The van der Waals surface area contributed by atoms with Crippen molar-refractivity contribution in [3.63, 3.8) is 0 Å². The van der Waals surface area contributed by atoms with Crippen molar-refractivity contribution in [2.24, 2.45) is 0 Å². The molecule has 0 radical (unpaired) electrons. The van der Waals surface area contributed by atoms with E-state index in [1.165, 1.54) is 11.1 Å². The summed E-state index contributed by atoms with van der Waals surface area (Å²) >= 11 is 0. The van der Waals surface area contributed by atoms with Crippen LogP contribution in [-0.4, -0.2) is 9.55 Å². The minimum atomic E-state index is 0.455. The lowest BCUT2D eigenvalue weighted by atomic mass is 10.1. The molecular weight excluding hydrogens is 186 g/mol. The Balaban J connectivity index is 2.26. The van der Waals surface area contributed by atoms with E-state index in [1.807, 2.05) is 22.9 Å². The molecule has 0 aliphatic heterocycles. The summed E-state index contributed by atoms with van der Waals surface area (Å²) in [6.45, 7) is 2.76. The third-order valence-corrected chi connectivity index (χ3v) is 2.25. The highest BCUT2D eigenvalue weighted by Gasteiger charge is 2.01. The Kier molecular flexibility index (Phi) is 2.51. The lowest BCUT2D eigenvalue weighted by molar-refractivity contribution is 0.781. The van der Waals surface area contributed by atoms with Crippen molar-refractivity contribution in [3.8, 4) is 6.07 Å². The molecule has 0 bridgehead atoms. The Morgan fingerprint density at radius 2 is 2.33 bits per heavy atom. The third kappa shape index (κ3) is 2.05. The molecule has 2 rings (SSSR count). The molecule has 1 aromatic heterocycles. The molecule has 15 heavy (non-hydrogen) atoms. The third-order valence-electron chi connectivity index (χ3n) is 2.25. The van der Waals surface area contributed by atoms with Crippen molar-refractivity contribution in [2.45, 2.75) is 13.5 Å². The molecule has 1 heterocycles. The van der Waals surface area contributed by atoms with Gasteiger partial charge in [0.1, 0.15) is 6.07 Å². The molecule has 0 atom stereocenters. The first-order valence-electron chi connectivity index (χ1n) is 4.76. The zero-order valence-electron chi connectivity index (χ0n) is 8.51. The number of nitriles is 1. The maximum absolute atomic E-state index is 8.81. The van der Waals surface area contributed by atoms with E-state index >= 15 is 0 Å². The first-order valence-corrected chi connectivity index (χ1v) is 4.76. The van der Waals surface area contributed by atoms with Gasteiger partial charge in [-0.2, -0.15) is 5.26 Å². The molecule has 74 valence electrons. The highest BCUT2D eigenvalue weighted by atomic mass is 15.1. The van der Waals surface area contributed by atoms with Gasteiger partial charge in [0.05, 0.1) is 0 Å². The van der Waals surface area contributed by atoms with Gasteiger partial charge in [-0.1, -0.05) is 29.8 Å². The smallest absolute Gasteiger partial charge is 0.213 e. The van der Waals surface area contributed by atoms with Crippen molar-refractivity contribution in [1.29, 1.82) is 5.26 Å². The van der Waals surface area contributed by atoms with Gasteiger partial charge in [0.25, 0.3) is 0 Å². The first kappa shape index (κ1) is 9.47. The molecule has 0 spiro atoms. The highest BCUT2D eigenvalue weighted by molar-refractivity contribution is 5.23. The maximum atomic E-state index is 8.81. The van der Waals surface area contributed by atoms with E-state index in [4.69, 9.17) is 5.26 Å². The van der Waals surface area contributed by atoms with Crippen LogP contribution in [-0.2, 0) is 6.54 Å². The zero-order valence-corrected chi connectivity index (χ0v) is 8.51. The normalized spacial score (nSPS) is 9.87. The van der Waals surface area contributed by atoms with Gasteiger partial charge in [-0.3, -0.25) is 0 Å². The number of hydrogen-bond donors (Lipinski definition) is 0.